The number of nitrogens with two attached hydrogens (primary N) is 1. The molecular weight excluding hydrogens is 463 g/mol. The summed E-state index contributed by atoms with van der Waals surface area (Å²) in [7, 11) is 1.82. The van der Waals surface area contributed by atoms with Crippen molar-refractivity contribution in [1.29, 1.82) is 0 Å². The second kappa shape index (κ2) is 11.0. The lowest BCUT2D eigenvalue weighted by atomic mass is 9.90. The fourth-order valence-corrected chi connectivity index (χ4v) is 3.64. The molecule has 0 saturated carbocycles. The highest BCUT2D eigenvalue weighted by Gasteiger charge is 2.21. The predicted molar refractivity (Wildman–Crippen MR) is 125 cm³/mol. The maximum absolute atomic E-state index is 11.3. The molecule has 6 heteroatoms. The van der Waals surface area contributed by atoms with Gasteiger partial charge in [0, 0.05) is 32.2 Å². The summed E-state index contributed by atoms with van der Waals surface area (Å²) in [6.07, 6.45) is 3.50. The molecule has 3 N–H and O–H groups in total. The molecule has 0 aromatic heterocycles. The molecule has 0 bridgehead atoms. The van der Waals surface area contributed by atoms with E-state index in [1.165, 1.54) is 18.4 Å². The highest BCUT2D eigenvalue weighted by Crippen LogP contribution is 2.21. The van der Waals surface area contributed by atoms with E-state index in [1.807, 2.05) is 25.2 Å². The number of nitrogens with zero attached hydrogens (tertiary/aromatic N) is 2. The van der Waals surface area contributed by atoms with E-state index in [0.29, 0.717) is 12.1 Å². The SMILES string of the molecule is CN=C(NCc1cccc(C(N)=O)c1)N1CCC(Cc2ccccc2)CC1.I. The van der Waals surface area contributed by atoms with Gasteiger partial charge in [-0.1, -0.05) is 42.5 Å². The number of carbonyl (C=O) groups excluding carboxylic acids is 1. The van der Waals surface area contributed by atoms with Crippen LogP contribution in [-0.4, -0.2) is 36.9 Å². The highest BCUT2D eigenvalue weighted by atomic mass is 127. The monoisotopic (exact) mass is 492 g/mol. The summed E-state index contributed by atoms with van der Waals surface area (Å²) in [4.78, 5) is 18.1. The summed E-state index contributed by atoms with van der Waals surface area (Å²) >= 11 is 0. The van der Waals surface area contributed by atoms with Crippen LogP contribution in [0.3, 0.4) is 0 Å². The standard InChI is InChI=1S/C22H28N4O.HI/c1-24-22(25-16-19-8-5-9-20(15-19)21(23)27)26-12-10-18(11-13-26)14-17-6-3-2-4-7-17;/h2-9,15,18H,10-14,16H2,1H3,(H2,23,27)(H,24,25);1H. The van der Waals surface area contributed by atoms with Crippen LogP contribution in [0.15, 0.2) is 59.6 Å². The third-order valence-electron chi connectivity index (χ3n) is 5.16. The summed E-state index contributed by atoms with van der Waals surface area (Å²) in [6.45, 7) is 2.65. The Hall–Kier alpha value is -2.09. The van der Waals surface area contributed by atoms with E-state index in [1.54, 1.807) is 6.07 Å². The zero-order valence-electron chi connectivity index (χ0n) is 16.3. The van der Waals surface area contributed by atoms with Crippen molar-refractivity contribution in [2.24, 2.45) is 16.6 Å². The Morgan fingerprint density at radius 1 is 1.11 bits per heavy atom. The molecule has 2 aromatic carbocycles. The number of hydrogen-bond donors (Lipinski definition) is 2. The van der Waals surface area contributed by atoms with Gasteiger partial charge in [-0.2, -0.15) is 0 Å². The first-order chi connectivity index (χ1) is 13.2. The summed E-state index contributed by atoms with van der Waals surface area (Å²) in [6, 6.07) is 18.1. The van der Waals surface area contributed by atoms with Crippen LogP contribution in [-0.2, 0) is 13.0 Å². The maximum Gasteiger partial charge on any atom is 0.248 e. The van der Waals surface area contributed by atoms with E-state index in [2.05, 4.69) is 45.5 Å². The zero-order chi connectivity index (χ0) is 19.1. The smallest absolute Gasteiger partial charge is 0.248 e. The Labute approximate surface area is 184 Å². The molecule has 2 aromatic rings. The number of halogens is 1. The van der Waals surface area contributed by atoms with Gasteiger partial charge in [-0.15, -0.1) is 24.0 Å². The molecule has 1 saturated heterocycles. The molecule has 0 aliphatic carbocycles. The van der Waals surface area contributed by atoms with E-state index >= 15 is 0 Å². The molecule has 1 aliphatic heterocycles. The van der Waals surface area contributed by atoms with Gasteiger partial charge in [0.2, 0.25) is 5.91 Å². The average Bonchev–Trinajstić information content (AvgIpc) is 2.70. The topological polar surface area (TPSA) is 70.7 Å². The van der Waals surface area contributed by atoms with Crippen molar-refractivity contribution < 1.29 is 4.79 Å². The van der Waals surface area contributed by atoms with Gasteiger partial charge < -0.3 is 16.0 Å². The third-order valence-corrected chi connectivity index (χ3v) is 5.16. The van der Waals surface area contributed by atoms with Crippen LogP contribution in [0.25, 0.3) is 0 Å². The molecule has 3 rings (SSSR count). The molecule has 1 aliphatic rings. The van der Waals surface area contributed by atoms with E-state index in [4.69, 9.17) is 5.73 Å². The lowest BCUT2D eigenvalue weighted by molar-refractivity contribution is 0.1000. The molecule has 1 amide bonds. The quantitative estimate of drug-likeness (QED) is 0.382. The van der Waals surface area contributed by atoms with Gasteiger partial charge in [0.1, 0.15) is 0 Å². The molecule has 1 heterocycles. The maximum atomic E-state index is 11.3. The summed E-state index contributed by atoms with van der Waals surface area (Å²) in [5.41, 5.74) is 8.34. The third kappa shape index (κ3) is 6.22. The lowest BCUT2D eigenvalue weighted by Crippen LogP contribution is -2.45. The second-order valence-electron chi connectivity index (χ2n) is 7.09. The molecule has 150 valence electrons. The molecule has 1 fully saturated rings. The molecule has 0 unspecified atom stereocenters. The first-order valence-electron chi connectivity index (χ1n) is 9.54. The number of nitrogens with one attached hydrogen (secondary N) is 1. The van der Waals surface area contributed by atoms with Crippen molar-refractivity contribution in [2.75, 3.05) is 20.1 Å². The number of likely N-dealkylation sites (tertiary alicyclic amines) is 1. The highest BCUT2D eigenvalue weighted by molar-refractivity contribution is 14.0. The minimum atomic E-state index is -0.401. The van der Waals surface area contributed by atoms with Crippen molar-refractivity contribution in [3.05, 3.63) is 71.3 Å². The Kier molecular flexibility index (Phi) is 8.76. The van der Waals surface area contributed by atoms with Crippen LogP contribution >= 0.6 is 24.0 Å². The van der Waals surface area contributed by atoms with Gasteiger partial charge in [0.05, 0.1) is 0 Å². The van der Waals surface area contributed by atoms with Crippen LogP contribution in [0, 0.1) is 5.92 Å². The van der Waals surface area contributed by atoms with Gasteiger partial charge >= 0.3 is 0 Å². The fourth-order valence-electron chi connectivity index (χ4n) is 3.64. The normalized spacial score (nSPS) is 15.0. The number of aliphatic imine (C=N–C) groups is 1. The Morgan fingerprint density at radius 3 is 2.43 bits per heavy atom. The molecular formula is C22H29IN4O. The molecule has 5 nitrogen and oxygen atoms in total. The summed E-state index contributed by atoms with van der Waals surface area (Å²) < 4.78 is 0. The van der Waals surface area contributed by atoms with Gasteiger partial charge in [-0.3, -0.25) is 9.79 Å². The minimum absolute atomic E-state index is 0. The average molecular weight is 492 g/mol. The number of benzene rings is 2. The van der Waals surface area contributed by atoms with Crippen LogP contribution in [0.2, 0.25) is 0 Å². The number of rotatable bonds is 5. The van der Waals surface area contributed by atoms with Crippen molar-refractivity contribution >= 4 is 35.8 Å². The Morgan fingerprint density at radius 2 is 1.79 bits per heavy atom. The van der Waals surface area contributed by atoms with Gasteiger partial charge in [-0.25, -0.2) is 0 Å². The van der Waals surface area contributed by atoms with Crippen LogP contribution in [0.1, 0.15) is 34.3 Å². The molecule has 0 radical (unpaired) electrons. The first kappa shape index (κ1) is 22.2. The largest absolute Gasteiger partial charge is 0.366 e. The summed E-state index contributed by atoms with van der Waals surface area (Å²) in [5, 5.41) is 3.41. The summed E-state index contributed by atoms with van der Waals surface area (Å²) in [5.74, 6) is 1.24. The second-order valence-corrected chi connectivity index (χ2v) is 7.09. The molecule has 0 spiro atoms. The molecule has 28 heavy (non-hydrogen) atoms. The van der Waals surface area contributed by atoms with Crippen molar-refractivity contribution in [3.63, 3.8) is 0 Å². The van der Waals surface area contributed by atoms with E-state index in [0.717, 1.165) is 37.0 Å². The predicted octanol–water partition coefficient (Wildman–Crippen LogP) is 3.43. The molecule has 0 atom stereocenters. The number of piperidine rings is 1. The Balaban J connectivity index is 0.00000280. The van der Waals surface area contributed by atoms with Crippen molar-refractivity contribution in [2.45, 2.75) is 25.8 Å². The zero-order valence-corrected chi connectivity index (χ0v) is 18.6. The minimum Gasteiger partial charge on any atom is -0.366 e. The van der Waals surface area contributed by atoms with Crippen molar-refractivity contribution in [1.82, 2.24) is 10.2 Å². The van der Waals surface area contributed by atoms with Crippen LogP contribution < -0.4 is 11.1 Å². The van der Waals surface area contributed by atoms with Crippen LogP contribution in [0.4, 0.5) is 0 Å². The number of amides is 1. The first-order valence-corrected chi connectivity index (χ1v) is 9.54. The van der Waals surface area contributed by atoms with Gasteiger partial charge in [0.15, 0.2) is 5.96 Å². The van der Waals surface area contributed by atoms with E-state index < -0.39 is 5.91 Å². The lowest BCUT2D eigenvalue weighted by Gasteiger charge is -2.34. The number of guanidine groups is 1. The van der Waals surface area contributed by atoms with Gasteiger partial charge in [0.25, 0.3) is 0 Å². The number of primary amides is 1. The van der Waals surface area contributed by atoms with E-state index in [-0.39, 0.29) is 24.0 Å². The van der Waals surface area contributed by atoms with E-state index in [9.17, 15) is 4.79 Å². The number of carbonyl (C=O) groups is 1. The van der Waals surface area contributed by atoms with Gasteiger partial charge in [-0.05, 0) is 48.4 Å². The van der Waals surface area contributed by atoms with Crippen molar-refractivity contribution in [3.8, 4) is 0 Å². The van der Waals surface area contributed by atoms with Crippen LogP contribution in [0.5, 0.6) is 0 Å². The Bertz CT molecular complexity index is 786. The number of hydrogen-bond acceptors (Lipinski definition) is 2. The fraction of sp³-hybridized carbons (Fsp3) is 0.364.